The first kappa shape index (κ1) is 24.3. The molecule has 0 saturated carbocycles. The zero-order valence-electron chi connectivity index (χ0n) is 21.8. The number of ether oxygens (including phenoxy) is 2. The molecule has 0 bridgehead atoms. The number of likely N-dealkylation sites (tertiary alicyclic amines) is 1. The highest BCUT2D eigenvalue weighted by molar-refractivity contribution is 5.96. The van der Waals surface area contributed by atoms with Gasteiger partial charge in [0.05, 0.1) is 18.9 Å². The van der Waals surface area contributed by atoms with Gasteiger partial charge in [-0.05, 0) is 38.4 Å². The van der Waals surface area contributed by atoms with Crippen molar-refractivity contribution in [2.24, 2.45) is 0 Å². The van der Waals surface area contributed by atoms with Crippen molar-refractivity contribution in [3.05, 3.63) is 52.3 Å². The molecular weight excluding hydrogens is 440 g/mol. The van der Waals surface area contributed by atoms with Crippen molar-refractivity contribution < 1.29 is 14.3 Å². The summed E-state index contributed by atoms with van der Waals surface area (Å²) >= 11 is 0. The summed E-state index contributed by atoms with van der Waals surface area (Å²) in [5.74, 6) is -0.347. The SMILES string of the molecule is CCN1CCN(c2c(C)c(C(=O)N3CCC4(CC3)OCCO4)n(Cc3ccccc3C)c2C)CC1. The molecule has 0 radical (unpaired) electrons. The molecule has 1 amide bonds. The summed E-state index contributed by atoms with van der Waals surface area (Å²) in [6, 6.07) is 8.50. The minimum atomic E-state index is -0.477. The molecule has 1 aromatic heterocycles. The summed E-state index contributed by atoms with van der Waals surface area (Å²) in [6.45, 7) is 17.3. The predicted molar refractivity (Wildman–Crippen MR) is 138 cm³/mol. The molecule has 1 spiro atoms. The molecule has 0 N–H and O–H groups in total. The molecule has 190 valence electrons. The van der Waals surface area contributed by atoms with Crippen LogP contribution < -0.4 is 4.90 Å². The lowest BCUT2D eigenvalue weighted by Gasteiger charge is -2.37. The lowest BCUT2D eigenvalue weighted by molar-refractivity contribution is -0.181. The fraction of sp³-hybridized carbons (Fsp3) is 0.607. The fourth-order valence-electron chi connectivity index (χ4n) is 6.05. The Labute approximate surface area is 209 Å². The molecule has 4 heterocycles. The number of hydrogen-bond acceptors (Lipinski definition) is 5. The van der Waals surface area contributed by atoms with E-state index in [-0.39, 0.29) is 5.91 Å². The van der Waals surface area contributed by atoms with Gasteiger partial charge in [-0.1, -0.05) is 31.2 Å². The Morgan fingerprint density at radius 2 is 1.60 bits per heavy atom. The van der Waals surface area contributed by atoms with Gasteiger partial charge >= 0.3 is 0 Å². The Balaban J connectivity index is 1.47. The van der Waals surface area contributed by atoms with Gasteiger partial charge in [0.1, 0.15) is 5.69 Å². The van der Waals surface area contributed by atoms with Gasteiger partial charge in [-0.3, -0.25) is 4.79 Å². The number of aromatic nitrogens is 1. The Morgan fingerprint density at radius 1 is 0.943 bits per heavy atom. The van der Waals surface area contributed by atoms with Crippen LogP contribution in [0.5, 0.6) is 0 Å². The molecule has 3 fully saturated rings. The largest absolute Gasteiger partial charge is 0.367 e. The number of carbonyl (C=O) groups excluding carboxylic acids is 1. The number of nitrogens with zero attached hydrogens (tertiary/aromatic N) is 4. The van der Waals surface area contributed by atoms with E-state index in [1.54, 1.807) is 0 Å². The highest BCUT2D eigenvalue weighted by Gasteiger charge is 2.42. The van der Waals surface area contributed by atoms with Crippen molar-refractivity contribution in [2.45, 2.75) is 52.9 Å². The summed E-state index contributed by atoms with van der Waals surface area (Å²) in [4.78, 5) is 21.1. The highest BCUT2D eigenvalue weighted by atomic mass is 16.7. The Kier molecular flexibility index (Phi) is 6.93. The number of piperazine rings is 1. The average Bonchev–Trinajstić information content (AvgIpc) is 3.42. The predicted octanol–water partition coefficient (Wildman–Crippen LogP) is 3.58. The lowest BCUT2D eigenvalue weighted by Crippen LogP contribution is -2.47. The number of rotatable bonds is 5. The quantitative estimate of drug-likeness (QED) is 0.655. The van der Waals surface area contributed by atoms with E-state index in [2.05, 4.69) is 66.3 Å². The lowest BCUT2D eigenvalue weighted by atomic mass is 10.0. The molecule has 0 aliphatic carbocycles. The molecule has 5 rings (SSSR count). The van der Waals surface area contributed by atoms with Crippen molar-refractivity contribution >= 4 is 11.6 Å². The normalized spacial score (nSPS) is 20.7. The van der Waals surface area contributed by atoms with Gasteiger partial charge in [-0.15, -0.1) is 0 Å². The molecule has 35 heavy (non-hydrogen) atoms. The van der Waals surface area contributed by atoms with Gasteiger partial charge in [0.25, 0.3) is 5.91 Å². The molecule has 3 aliphatic rings. The molecule has 3 saturated heterocycles. The maximum absolute atomic E-state index is 14.1. The number of anilines is 1. The standard InChI is InChI=1S/C28H40N4O3/c1-5-29-14-16-30(17-15-29)25-22(3)26(32(23(25)4)20-24-9-7-6-8-21(24)2)27(33)31-12-10-28(11-13-31)34-18-19-35-28/h6-9H,5,10-20H2,1-4H3. The number of benzene rings is 1. The summed E-state index contributed by atoms with van der Waals surface area (Å²) in [5, 5.41) is 0. The number of hydrogen-bond donors (Lipinski definition) is 0. The van der Waals surface area contributed by atoms with Gasteiger partial charge in [0, 0.05) is 69.9 Å². The van der Waals surface area contributed by atoms with E-state index in [0.29, 0.717) is 32.8 Å². The molecule has 0 unspecified atom stereocenters. The first-order chi connectivity index (χ1) is 16.9. The molecule has 7 heteroatoms. The van der Waals surface area contributed by atoms with Crippen LogP contribution >= 0.6 is 0 Å². The van der Waals surface area contributed by atoms with Crippen molar-refractivity contribution in [2.75, 3.05) is 63.9 Å². The van der Waals surface area contributed by atoms with E-state index in [1.165, 1.54) is 22.5 Å². The van der Waals surface area contributed by atoms with Crippen molar-refractivity contribution in [3.63, 3.8) is 0 Å². The first-order valence-electron chi connectivity index (χ1n) is 13.2. The zero-order valence-corrected chi connectivity index (χ0v) is 21.8. The maximum Gasteiger partial charge on any atom is 0.270 e. The molecular formula is C28H40N4O3. The fourth-order valence-corrected chi connectivity index (χ4v) is 6.05. The van der Waals surface area contributed by atoms with E-state index in [0.717, 1.165) is 56.8 Å². The summed E-state index contributed by atoms with van der Waals surface area (Å²) in [5.41, 5.74) is 6.89. The maximum atomic E-state index is 14.1. The van der Waals surface area contributed by atoms with Gasteiger partial charge in [-0.2, -0.15) is 0 Å². The van der Waals surface area contributed by atoms with Gasteiger partial charge in [0.2, 0.25) is 0 Å². The third kappa shape index (κ3) is 4.61. The van der Waals surface area contributed by atoms with E-state index < -0.39 is 5.79 Å². The second-order valence-corrected chi connectivity index (χ2v) is 10.2. The third-order valence-corrected chi connectivity index (χ3v) is 8.28. The van der Waals surface area contributed by atoms with E-state index in [4.69, 9.17) is 9.47 Å². The van der Waals surface area contributed by atoms with Crippen LogP contribution in [-0.4, -0.2) is 85.1 Å². The number of carbonyl (C=O) groups is 1. The van der Waals surface area contributed by atoms with Crippen LogP contribution in [0.15, 0.2) is 24.3 Å². The van der Waals surface area contributed by atoms with Crippen LogP contribution in [0.3, 0.4) is 0 Å². The topological polar surface area (TPSA) is 50.2 Å². The number of aryl methyl sites for hydroxylation is 1. The molecule has 7 nitrogen and oxygen atoms in total. The van der Waals surface area contributed by atoms with Crippen molar-refractivity contribution in [1.29, 1.82) is 0 Å². The van der Waals surface area contributed by atoms with E-state index in [9.17, 15) is 4.79 Å². The number of amides is 1. The Morgan fingerprint density at radius 3 is 2.23 bits per heavy atom. The van der Waals surface area contributed by atoms with Crippen LogP contribution in [0.2, 0.25) is 0 Å². The number of piperidine rings is 1. The van der Waals surface area contributed by atoms with Crippen LogP contribution in [-0.2, 0) is 16.0 Å². The average molecular weight is 481 g/mol. The Hall–Kier alpha value is -2.35. The van der Waals surface area contributed by atoms with Gasteiger partial charge in [-0.25, -0.2) is 0 Å². The molecule has 0 atom stereocenters. The summed E-state index contributed by atoms with van der Waals surface area (Å²) in [7, 11) is 0. The minimum absolute atomic E-state index is 0.130. The van der Waals surface area contributed by atoms with Crippen LogP contribution in [0.1, 0.15) is 52.6 Å². The summed E-state index contributed by atoms with van der Waals surface area (Å²) < 4.78 is 14.1. The van der Waals surface area contributed by atoms with E-state index >= 15 is 0 Å². The van der Waals surface area contributed by atoms with Crippen molar-refractivity contribution in [1.82, 2.24) is 14.4 Å². The summed E-state index contributed by atoms with van der Waals surface area (Å²) in [6.07, 6.45) is 1.47. The second kappa shape index (κ2) is 9.96. The Bertz CT molecular complexity index is 1050. The van der Waals surface area contributed by atoms with E-state index in [1.807, 2.05) is 4.90 Å². The van der Waals surface area contributed by atoms with Gasteiger partial charge < -0.3 is 28.7 Å². The first-order valence-corrected chi connectivity index (χ1v) is 13.2. The number of likely N-dealkylation sites (N-methyl/N-ethyl adjacent to an activating group) is 1. The van der Waals surface area contributed by atoms with Crippen LogP contribution in [0.25, 0.3) is 0 Å². The monoisotopic (exact) mass is 480 g/mol. The second-order valence-electron chi connectivity index (χ2n) is 10.2. The molecule has 2 aromatic rings. The minimum Gasteiger partial charge on any atom is -0.367 e. The zero-order chi connectivity index (χ0) is 24.6. The highest BCUT2D eigenvalue weighted by Crippen LogP contribution is 2.36. The van der Waals surface area contributed by atoms with Crippen molar-refractivity contribution in [3.8, 4) is 0 Å². The smallest absolute Gasteiger partial charge is 0.270 e. The van der Waals surface area contributed by atoms with Crippen LogP contribution in [0.4, 0.5) is 5.69 Å². The molecule has 3 aliphatic heterocycles. The molecule has 1 aromatic carbocycles. The van der Waals surface area contributed by atoms with Gasteiger partial charge in [0.15, 0.2) is 5.79 Å². The van der Waals surface area contributed by atoms with Crippen LogP contribution in [0, 0.1) is 20.8 Å². The third-order valence-electron chi connectivity index (χ3n) is 8.28.